The number of rotatable bonds is 9. The highest BCUT2D eigenvalue weighted by Crippen LogP contribution is 2.36. The Morgan fingerprint density at radius 1 is 1.11 bits per heavy atom. The summed E-state index contributed by atoms with van der Waals surface area (Å²) < 4.78 is 65.2. The zero-order chi connectivity index (χ0) is 25.2. The van der Waals surface area contributed by atoms with E-state index in [2.05, 4.69) is 19.7 Å². The maximum atomic E-state index is 15.1. The number of hydrogen-bond acceptors (Lipinski definition) is 9. The van der Waals surface area contributed by atoms with E-state index >= 15 is 8.78 Å². The molecule has 0 aliphatic carbocycles. The number of alkyl halides is 4. The third kappa shape index (κ3) is 5.67. The molecule has 0 saturated carbocycles. The van der Waals surface area contributed by atoms with Crippen molar-refractivity contribution in [2.24, 2.45) is 0 Å². The van der Waals surface area contributed by atoms with Gasteiger partial charge in [-0.05, 0) is 6.07 Å². The zero-order valence-corrected chi connectivity index (χ0v) is 19.3. The average molecular weight is 500 g/mol. The lowest BCUT2D eigenvalue weighted by molar-refractivity contribution is -0.0494. The molecule has 192 valence electrons. The summed E-state index contributed by atoms with van der Waals surface area (Å²) in [5.41, 5.74) is 3.14. The number of methoxy groups -OCH3 is 1. The van der Waals surface area contributed by atoms with Crippen molar-refractivity contribution in [2.75, 3.05) is 62.0 Å². The molecule has 0 radical (unpaired) electrons. The third-order valence-electron chi connectivity index (χ3n) is 6.27. The lowest BCUT2D eigenvalue weighted by atomic mass is 10.0. The van der Waals surface area contributed by atoms with E-state index in [4.69, 9.17) is 10.5 Å². The summed E-state index contributed by atoms with van der Waals surface area (Å²) in [5.74, 6) is 0.0734. The maximum Gasteiger partial charge on any atom is 0.387 e. The van der Waals surface area contributed by atoms with Gasteiger partial charge >= 0.3 is 6.61 Å². The van der Waals surface area contributed by atoms with Crippen LogP contribution in [0.25, 0.3) is 11.3 Å². The van der Waals surface area contributed by atoms with E-state index in [0.29, 0.717) is 30.2 Å². The number of nitrogens with zero attached hydrogens (tertiary/aromatic N) is 5. The molecule has 2 saturated heterocycles. The van der Waals surface area contributed by atoms with E-state index in [-0.39, 0.29) is 63.1 Å². The fraction of sp³-hybridized carbons (Fsp3) is 0.591. The summed E-state index contributed by atoms with van der Waals surface area (Å²) >= 11 is 0. The van der Waals surface area contributed by atoms with Crippen LogP contribution in [0.5, 0.6) is 5.75 Å². The summed E-state index contributed by atoms with van der Waals surface area (Å²) in [6, 6.07) is 2.87. The van der Waals surface area contributed by atoms with Crippen molar-refractivity contribution in [3.8, 4) is 17.0 Å². The monoisotopic (exact) mass is 500 g/mol. The Hall–Kier alpha value is -2.93. The first-order chi connectivity index (χ1) is 16.6. The number of hydrogen-bond donors (Lipinski definition) is 2. The highest BCUT2D eigenvalue weighted by atomic mass is 19.3. The second kappa shape index (κ2) is 9.97. The molecule has 4 rings (SSSR count). The van der Waals surface area contributed by atoms with E-state index in [9.17, 15) is 13.9 Å². The number of anilines is 3. The Morgan fingerprint density at radius 2 is 1.83 bits per heavy atom. The van der Waals surface area contributed by atoms with Gasteiger partial charge in [-0.3, -0.25) is 0 Å². The third-order valence-corrected chi connectivity index (χ3v) is 6.27. The van der Waals surface area contributed by atoms with Crippen molar-refractivity contribution in [1.82, 2.24) is 15.0 Å². The molecule has 13 heteroatoms. The van der Waals surface area contributed by atoms with Crippen molar-refractivity contribution >= 4 is 17.6 Å². The molecule has 2 aromatic rings. The number of pyridine rings is 1. The molecule has 2 aliphatic rings. The van der Waals surface area contributed by atoms with Crippen LogP contribution in [-0.4, -0.2) is 84.5 Å². The number of aliphatic hydroxyl groups excluding tert-OH is 1. The Labute approximate surface area is 199 Å². The van der Waals surface area contributed by atoms with Gasteiger partial charge in [-0.15, -0.1) is 0 Å². The molecule has 0 spiro atoms. The molecular weight excluding hydrogens is 472 g/mol. The quantitative estimate of drug-likeness (QED) is 0.502. The normalized spacial score (nSPS) is 24.5. The summed E-state index contributed by atoms with van der Waals surface area (Å²) in [5, 5.41) is 9.21. The van der Waals surface area contributed by atoms with E-state index in [1.54, 1.807) is 15.9 Å². The summed E-state index contributed by atoms with van der Waals surface area (Å²) in [7, 11) is 1.43. The van der Waals surface area contributed by atoms with Crippen LogP contribution >= 0.6 is 0 Å². The van der Waals surface area contributed by atoms with Crippen molar-refractivity contribution in [3.05, 3.63) is 18.3 Å². The second-order valence-electron chi connectivity index (χ2n) is 8.95. The molecule has 2 aromatic heterocycles. The molecule has 2 unspecified atom stereocenters. The molecule has 0 aromatic carbocycles. The standard InChI is InChI=1S/C22H28F4N6O3/c1-34-13-22(26)3-6-32(12-22)20-29-15(14-8-16(35-19(23)24)18(27)28-10-14)9-17(30-20)31-5-2-21(25,11-31)4-7-33/h8-10,19,33H,2-7,11-13H2,1H3,(H2,27,28). The van der Waals surface area contributed by atoms with Gasteiger partial charge in [0, 0.05) is 63.9 Å². The van der Waals surface area contributed by atoms with Crippen LogP contribution in [0.15, 0.2) is 18.3 Å². The molecular formula is C22H28F4N6O3. The van der Waals surface area contributed by atoms with Gasteiger partial charge in [0.2, 0.25) is 5.95 Å². The fourth-order valence-electron chi connectivity index (χ4n) is 4.48. The van der Waals surface area contributed by atoms with Crippen LogP contribution in [0.2, 0.25) is 0 Å². The van der Waals surface area contributed by atoms with E-state index in [0.717, 1.165) is 0 Å². The van der Waals surface area contributed by atoms with E-state index in [1.807, 2.05) is 0 Å². The second-order valence-corrected chi connectivity index (χ2v) is 8.95. The predicted octanol–water partition coefficient (Wildman–Crippen LogP) is 2.59. The number of aromatic nitrogens is 3. The summed E-state index contributed by atoms with van der Waals surface area (Å²) in [4.78, 5) is 16.4. The first kappa shape index (κ1) is 25.2. The SMILES string of the molecule is COCC1(F)CCN(c2nc(-c3cnc(N)c(OC(F)F)c3)cc(N3CCC(F)(CCO)C3)n2)C1. The Bertz CT molecular complexity index is 1000. The van der Waals surface area contributed by atoms with Crippen molar-refractivity contribution in [2.45, 2.75) is 37.2 Å². The highest BCUT2D eigenvalue weighted by Gasteiger charge is 2.41. The number of aliphatic hydroxyl groups is 1. The Kier molecular flexibility index (Phi) is 7.17. The maximum absolute atomic E-state index is 15.1. The molecule has 35 heavy (non-hydrogen) atoms. The molecule has 0 amide bonds. The zero-order valence-electron chi connectivity index (χ0n) is 19.3. The van der Waals surface area contributed by atoms with Crippen LogP contribution in [0.1, 0.15) is 19.3 Å². The van der Waals surface area contributed by atoms with Crippen molar-refractivity contribution in [1.29, 1.82) is 0 Å². The van der Waals surface area contributed by atoms with E-state index < -0.39 is 17.9 Å². The Morgan fingerprint density at radius 3 is 2.54 bits per heavy atom. The number of nitrogens with two attached hydrogens (primary N) is 1. The number of ether oxygens (including phenoxy) is 2. The van der Waals surface area contributed by atoms with Gasteiger partial charge in [0.25, 0.3) is 0 Å². The molecule has 2 fully saturated rings. The number of nitrogen functional groups attached to an aromatic ring is 1. The molecule has 3 N–H and O–H groups in total. The molecule has 2 aliphatic heterocycles. The lowest BCUT2D eigenvalue weighted by Crippen LogP contribution is -2.34. The highest BCUT2D eigenvalue weighted by molar-refractivity contribution is 5.68. The minimum absolute atomic E-state index is 0.00102. The summed E-state index contributed by atoms with van der Waals surface area (Å²) in [6.45, 7) is -2.75. The molecule has 9 nitrogen and oxygen atoms in total. The van der Waals surface area contributed by atoms with Gasteiger partial charge in [0.05, 0.1) is 25.4 Å². The predicted molar refractivity (Wildman–Crippen MR) is 121 cm³/mol. The molecule has 2 atom stereocenters. The minimum atomic E-state index is -3.09. The van der Waals surface area contributed by atoms with Crippen molar-refractivity contribution in [3.63, 3.8) is 0 Å². The van der Waals surface area contributed by atoms with Gasteiger partial charge in [0.1, 0.15) is 11.5 Å². The van der Waals surface area contributed by atoms with Gasteiger partial charge in [-0.2, -0.15) is 13.8 Å². The Balaban J connectivity index is 1.71. The van der Waals surface area contributed by atoms with Crippen molar-refractivity contribution < 1.29 is 32.1 Å². The van der Waals surface area contributed by atoms with Crippen LogP contribution in [0, 0.1) is 0 Å². The molecule has 0 bridgehead atoms. The largest absolute Gasteiger partial charge is 0.431 e. The average Bonchev–Trinajstić information content (AvgIpc) is 3.38. The topological polar surface area (TPSA) is 110 Å². The minimum Gasteiger partial charge on any atom is -0.431 e. The van der Waals surface area contributed by atoms with E-state index in [1.165, 1.54) is 19.4 Å². The number of halogens is 4. The van der Waals surface area contributed by atoms with Gasteiger partial charge in [-0.1, -0.05) is 0 Å². The summed E-state index contributed by atoms with van der Waals surface area (Å²) in [6.07, 6.45) is 1.78. The lowest BCUT2D eigenvalue weighted by Gasteiger charge is -2.24. The first-order valence-corrected chi connectivity index (χ1v) is 11.2. The molecule has 4 heterocycles. The first-order valence-electron chi connectivity index (χ1n) is 11.2. The van der Waals surface area contributed by atoms with Crippen LogP contribution < -0.4 is 20.3 Å². The van der Waals surface area contributed by atoms with Gasteiger partial charge in [0.15, 0.2) is 17.2 Å². The van der Waals surface area contributed by atoms with Crippen LogP contribution in [0.4, 0.5) is 35.1 Å². The van der Waals surface area contributed by atoms with Crippen LogP contribution in [0.3, 0.4) is 0 Å². The van der Waals surface area contributed by atoms with Gasteiger partial charge in [-0.25, -0.2) is 18.7 Å². The fourth-order valence-corrected chi connectivity index (χ4v) is 4.48. The van der Waals surface area contributed by atoms with Crippen LogP contribution in [-0.2, 0) is 4.74 Å². The smallest absolute Gasteiger partial charge is 0.387 e. The van der Waals surface area contributed by atoms with Gasteiger partial charge < -0.3 is 30.1 Å².